The van der Waals surface area contributed by atoms with Gasteiger partial charge in [-0.2, -0.15) is 5.10 Å². The Morgan fingerprint density at radius 2 is 1.55 bits per heavy atom. The van der Waals surface area contributed by atoms with E-state index in [0.717, 1.165) is 29.5 Å². The maximum Gasteiger partial charge on any atom is 0.251 e. The average molecular weight is 418 g/mol. The van der Waals surface area contributed by atoms with Crippen LogP contribution in [0.25, 0.3) is 0 Å². The van der Waals surface area contributed by atoms with Crippen LogP contribution in [0.4, 0.5) is 0 Å². The molecular formula is C25H31N5O. The molecule has 162 valence electrons. The first-order valence-corrected chi connectivity index (χ1v) is 11.0. The summed E-state index contributed by atoms with van der Waals surface area (Å²) in [6.07, 6.45) is 4.53. The van der Waals surface area contributed by atoms with E-state index in [1.165, 1.54) is 31.4 Å². The molecule has 1 fully saturated rings. The maximum absolute atomic E-state index is 12.5. The van der Waals surface area contributed by atoms with Gasteiger partial charge in [0.2, 0.25) is 0 Å². The zero-order valence-corrected chi connectivity index (χ0v) is 18.4. The smallest absolute Gasteiger partial charge is 0.251 e. The topological polar surface area (TPSA) is 63.1 Å². The van der Waals surface area contributed by atoms with Crippen molar-refractivity contribution in [2.45, 2.75) is 39.9 Å². The van der Waals surface area contributed by atoms with E-state index in [-0.39, 0.29) is 5.91 Å². The molecule has 1 amide bonds. The van der Waals surface area contributed by atoms with Crippen LogP contribution in [-0.2, 0) is 19.6 Å². The summed E-state index contributed by atoms with van der Waals surface area (Å²) in [5.74, 6) is 1.48. The lowest BCUT2D eigenvalue weighted by Crippen LogP contribution is -2.38. The van der Waals surface area contributed by atoms with Gasteiger partial charge < -0.3 is 5.32 Å². The molecule has 0 bridgehead atoms. The third-order valence-electron chi connectivity index (χ3n) is 5.85. The van der Waals surface area contributed by atoms with Gasteiger partial charge in [0.15, 0.2) is 0 Å². The summed E-state index contributed by atoms with van der Waals surface area (Å²) < 4.78 is 1.76. The molecule has 6 nitrogen and oxygen atoms in total. The molecule has 2 unspecified atom stereocenters. The standard InChI is InChI=1S/C25H31N5O/c1-19-11-20(2)14-29(13-19)15-22-5-3-21(4-6-22)12-27-25(31)24-9-7-23(8-10-24)16-30-18-26-17-28-30/h3-10,17-20H,11-16H2,1-2H3,(H,27,31). The Morgan fingerprint density at radius 1 is 0.935 bits per heavy atom. The van der Waals surface area contributed by atoms with Crippen molar-refractivity contribution < 1.29 is 4.79 Å². The Morgan fingerprint density at radius 3 is 2.19 bits per heavy atom. The fourth-order valence-electron chi connectivity index (χ4n) is 4.49. The lowest BCUT2D eigenvalue weighted by atomic mass is 9.91. The van der Waals surface area contributed by atoms with Gasteiger partial charge in [0.1, 0.15) is 12.7 Å². The van der Waals surface area contributed by atoms with Gasteiger partial charge >= 0.3 is 0 Å². The molecule has 0 spiro atoms. The van der Waals surface area contributed by atoms with E-state index >= 15 is 0 Å². The summed E-state index contributed by atoms with van der Waals surface area (Å²) in [5, 5.41) is 7.12. The highest BCUT2D eigenvalue weighted by Crippen LogP contribution is 2.22. The van der Waals surface area contributed by atoms with Crippen LogP contribution in [0.3, 0.4) is 0 Å². The zero-order valence-electron chi connectivity index (χ0n) is 18.4. The first-order chi connectivity index (χ1) is 15.0. The lowest BCUT2D eigenvalue weighted by Gasteiger charge is -2.35. The number of amides is 1. The molecule has 3 aromatic rings. The number of piperidine rings is 1. The first kappa shape index (κ1) is 21.2. The quantitative estimate of drug-likeness (QED) is 0.636. The number of hydrogen-bond donors (Lipinski definition) is 1. The van der Waals surface area contributed by atoms with E-state index in [9.17, 15) is 4.79 Å². The summed E-state index contributed by atoms with van der Waals surface area (Å²) >= 11 is 0. The van der Waals surface area contributed by atoms with Crippen LogP contribution in [0.2, 0.25) is 0 Å². The summed E-state index contributed by atoms with van der Waals surface area (Å²) in [6.45, 7) is 9.22. The number of carbonyl (C=O) groups excluding carboxylic acids is 1. The largest absolute Gasteiger partial charge is 0.348 e. The number of likely N-dealkylation sites (tertiary alicyclic amines) is 1. The maximum atomic E-state index is 12.5. The van der Waals surface area contributed by atoms with Gasteiger partial charge in [0.25, 0.3) is 5.91 Å². The predicted molar refractivity (Wildman–Crippen MR) is 121 cm³/mol. The van der Waals surface area contributed by atoms with Crippen LogP contribution in [0.1, 0.15) is 47.3 Å². The van der Waals surface area contributed by atoms with Gasteiger partial charge in [-0.15, -0.1) is 0 Å². The summed E-state index contributed by atoms with van der Waals surface area (Å²) in [6, 6.07) is 16.2. The van der Waals surface area contributed by atoms with Gasteiger partial charge in [-0.25, -0.2) is 9.67 Å². The Labute approximate surface area is 184 Å². The number of aromatic nitrogens is 3. The van der Waals surface area contributed by atoms with E-state index in [1.807, 2.05) is 24.3 Å². The summed E-state index contributed by atoms with van der Waals surface area (Å²) in [4.78, 5) is 19.0. The van der Waals surface area contributed by atoms with E-state index in [1.54, 1.807) is 11.0 Å². The van der Waals surface area contributed by atoms with E-state index < -0.39 is 0 Å². The van der Waals surface area contributed by atoms with E-state index in [2.05, 4.69) is 58.4 Å². The van der Waals surface area contributed by atoms with Crippen molar-refractivity contribution in [1.29, 1.82) is 0 Å². The number of nitrogens with zero attached hydrogens (tertiary/aromatic N) is 4. The number of carbonyl (C=O) groups is 1. The molecule has 1 saturated heterocycles. The van der Waals surface area contributed by atoms with Crippen molar-refractivity contribution in [1.82, 2.24) is 25.0 Å². The predicted octanol–water partition coefficient (Wildman–Crippen LogP) is 3.73. The van der Waals surface area contributed by atoms with Crippen LogP contribution >= 0.6 is 0 Å². The summed E-state index contributed by atoms with van der Waals surface area (Å²) in [5.41, 5.74) is 4.18. The normalized spacial score (nSPS) is 19.3. The number of benzene rings is 2. The Hall–Kier alpha value is -2.99. The second kappa shape index (κ2) is 9.88. The lowest BCUT2D eigenvalue weighted by molar-refractivity contribution is 0.0951. The number of hydrogen-bond acceptors (Lipinski definition) is 4. The van der Waals surface area contributed by atoms with Crippen molar-refractivity contribution >= 4 is 5.91 Å². The van der Waals surface area contributed by atoms with Crippen molar-refractivity contribution in [3.8, 4) is 0 Å². The van der Waals surface area contributed by atoms with Crippen molar-refractivity contribution in [3.63, 3.8) is 0 Å². The van der Waals surface area contributed by atoms with Crippen LogP contribution in [0.15, 0.2) is 61.2 Å². The van der Waals surface area contributed by atoms with E-state index in [4.69, 9.17) is 0 Å². The monoisotopic (exact) mass is 417 g/mol. The van der Waals surface area contributed by atoms with Crippen molar-refractivity contribution in [3.05, 3.63) is 83.4 Å². The fourth-order valence-corrected chi connectivity index (χ4v) is 4.49. The Kier molecular flexibility index (Phi) is 6.77. The molecule has 2 atom stereocenters. The molecule has 0 aliphatic carbocycles. The molecular weight excluding hydrogens is 386 g/mol. The van der Waals surface area contributed by atoms with Crippen molar-refractivity contribution in [2.75, 3.05) is 13.1 Å². The molecule has 4 rings (SSSR count). The van der Waals surface area contributed by atoms with Crippen LogP contribution in [0, 0.1) is 11.8 Å². The minimum Gasteiger partial charge on any atom is -0.348 e. The third kappa shape index (κ3) is 6.01. The third-order valence-corrected chi connectivity index (χ3v) is 5.85. The molecule has 1 aliphatic heterocycles. The highest BCUT2D eigenvalue weighted by Gasteiger charge is 2.21. The van der Waals surface area contributed by atoms with Gasteiger partial charge in [0, 0.05) is 31.7 Å². The van der Waals surface area contributed by atoms with Crippen molar-refractivity contribution in [2.24, 2.45) is 11.8 Å². The molecule has 1 aliphatic rings. The second-order valence-corrected chi connectivity index (χ2v) is 8.93. The molecule has 2 aromatic carbocycles. The van der Waals surface area contributed by atoms with E-state index in [0.29, 0.717) is 18.7 Å². The van der Waals surface area contributed by atoms with Crippen LogP contribution in [0.5, 0.6) is 0 Å². The number of rotatable bonds is 7. The Balaban J connectivity index is 1.26. The average Bonchev–Trinajstić information content (AvgIpc) is 3.26. The zero-order chi connectivity index (χ0) is 21.6. The SMILES string of the molecule is CC1CC(C)CN(Cc2ccc(CNC(=O)c3ccc(Cn4cncn4)cc3)cc2)C1. The molecule has 2 heterocycles. The van der Waals surface area contributed by atoms with Gasteiger partial charge in [-0.3, -0.25) is 9.69 Å². The van der Waals surface area contributed by atoms with Gasteiger partial charge in [0.05, 0.1) is 6.54 Å². The molecule has 1 aromatic heterocycles. The van der Waals surface area contributed by atoms with Crippen LogP contribution in [-0.4, -0.2) is 38.7 Å². The van der Waals surface area contributed by atoms with Gasteiger partial charge in [-0.05, 0) is 47.1 Å². The Bertz CT molecular complexity index is 956. The minimum atomic E-state index is -0.0623. The highest BCUT2D eigenvalue weighted by atomic mass is 16.1. The second-order valence-electron chi connectivity index (χ2n) is 8.93. The molecule has 6 heteroatoms. The summed E-state index contributed by atoms with van der Waals surface area (Å²) in [7, 11) is 0. The fraction of sp³-hybridized carbons (Fsp3) is 0.400. The highest BCUT2D eigenvalue weighted by molar-refractivity contribution is 5.94. The molecule has 0 saturated carbocycles. The molecule has 1 N–H and O–H groups in total. The van der Waals surface area contributed by atoms with Gasteiger partial charge in [-0.1, -0.05) is 50.2 Å². The molecule has 0 radical (unpaired) electrons. The first-order valence-electron chi connectivity index (χ1n) is 11.0. The van der Waals surface area contributed by atoms with Crippen LogP contribution < -0.4 is 5.32 Å². The minimum absolute atomic E-state index is 0.0623. The number of nitrogens with one attached hydrogen (secondary N) is 1. The molecule has 31 heavy (non-hydrogen) atoms.